The monoisotopic (exact) mass is 286 g/mol. The van der Waals surface area contributed by atoms with Gasteiger partial charge >= 0.3 is 0 Å². The Morgan fingerprint density at radius 2 is 1.64 bits per heavy atom. The van der Waals surface area contributed by atoms with E-state index < -0.39 is 0 Å². The summed E-state index contributed by atoms with van der Waals surface area (Å²) in [6.07, 6.45) is 0.159. The molecule has 1 nitrogen and oxygen atoms in total. The van der Waals surface area contributed by atoms with Gasteiger partial charge in [-0.1, -0.05) is 68.4 Å². The topological polar surface area (TPSA) is 9.23 Å². The van der Waals surface area contributed by atoms with Gasteiger partial charge in [0.2, 0.25) is 0 Å². The summed E-state index contributed by atoms with van der Waals surface area (Å²) in [5.74, 6) is 1.46. The molecule has 0 radical (unpaired) electrons. The molecule has 3 aromatic rings. The lowest BCUT2D eigenvalue weighted by atomic mass is 9.74. The lowest BCUT2D eigenvalue weighted by molar-refractivity contribution is 0.198. The minimum atomic E-state index is 0.0939. The molecule has 0 amide bonds. The largest absolute Gasteiger partial charge is 0.485 e. The molecule has 5 rings (SSSR count). The first-order chi connectivity index (χ1) is 10.7. The Labute approximate surface area is 130 Å². The normalized spacial score (nSPS) is 23.7. The Bertz CT molecular complexity index is 907. The Balaban J connectivity index is 1.83. The summed E-state index contributed by atoms with van der Waals surface area (Å²) in [4.78, 5) is 0. The smallest absolute Gasteiger partial charge is 0.132 e. The molecule has 0 bridgehead atoms. The third-order valence-corrected chi connectivity index (χ3v) is 5.54. The standard InChI is InChI=1S/C21H18O/c1-21(2)16-10-6-5-9-15(16)20-19(21)18-14-8-4-3-7-13(14)11-12-17(18)22-20/h3-12,19-20H,1-2H3/t19-,20-/m0/s1. The van der Waals surface area contributed by atoms with Gasteiger partial charge in [-0.3, -0.25) is 0 Å². The highest BCUT2D eigenvalue weighted by Gasteiger charge is 2.53. The van der Waals surface area contributed by atoms with Crippen molar-refractivity contribution in [3.63, 3.8) is 0 Å². The number of rotatable bonds is 0. The molecule has 3 aromatic carbocycles. The highest BCUT2D eigenvalue weighted by Crippen LogP contribution is 2.62. The van der Waals surface area contributed by atoms with Gasteiger partial charge in [0.1, 0.15) is 11.9 Å². The molecule has 22 heavy (non-hydrogen) atoms. The van der Waals surface area contributed by atoms with Gasteiger partial charge in [-0.15, -0.1) is 0 Å². The zero-order chi connectivity index (χ0) is 14.9. The molecule has 108 valence electrons. The van der Waals surface area contributed by atoms with Gasteiger partial charge in [0, 0.05) is 16.9 Å². The van der Waals surface area contributed by atoms with Gasteiger partial charge in [0.25, 0.3) is 0 Å². The lowest BCUT2D eigenvalue weighted by Crippen LogP contribution is -2.22. The molecule has 1 heterocycles. The fourth-order valence-electron chi connectivity index (χ4n) is 4.54. The molecule has 0 spiro atoms. The molecule has 1 heteroatoms. The predicted molar refractivity (Wildman–Crippen MR) is 89.5 cm³/mol. The number of fused-ring (bicyclic) bond motifs is 7. The summed E-state index contributed by atoms with van der Waals surface area (Å²) >= 11 is 0. The molecule has 0 unspecified atom stereocenters. The van der Waals surface area contributed by atoms with E-state index in [0.29, 0.717) is 5.92 Å². The van der Waals surface area contributed by atoms with Gasteiger partial charge in [0.05, 0.1) is 0 Å². The van der Waals surface area contributed by atoms with E-state index in [2.05, 4.69) is 74.5 Å². The van der Waals surface area contributed by atoms with Crippen LogP contribution in [0.5, 0.6) is 5.75 Å². The maximum Gasteiger partial charge on any atom is 0.132 e. The van der Waals surface area contributed by atoms with Crippen molar-refractivity contribution in [3.8, 4) is 5.75 Å². The number of ether oxygens (including phenoxy) is 1. The molecular formula is C21H18O. The van der Waals surface area contributed by atoms with Gasteiger partial charge in [-0.2, -0.15) is 0 Å². The molecule has 0 fully saturated rings. The van der Waals surface area contributed by atoms with Crippen molar-refractivity contribution in [3.05, 3.63) is 77.4 Å². The molecule has 2 aliphatic rings. The summed E-state index contributed by atoms with van der Waals surface area (Å²) in [5, 5.41) is 2.64. The van der Waals surface area contributed by atoms with E-state index in [1.165, 1.54) is 27.5 Å². The first-order valence-corrected chi connectivity index (χ1v) is 7.95. The van der Waals surface area contributed by atoms with Crippen molar-refractivity contribution < 1.29 is 4.74 Å². The molecule has 0 N–H and O–H groups in total. The van der Waals surface area contributed by atoms with Gasteiger partial charge < -0.3 is 4.74 Å². The molecule has 0 saturated carbocycles. The van der Waals surface area contributed by atoms with Crippen LogP contribution in [0, 0.1) is 0 Å². The second-order valence-electron chi connectivity index (χ2n) is 7.02. The van der Waals surface area contributed by atoms with Crippen LogP contribution in [-0.4, -0.2) is 0 Å². The van der Waals surface area contributed by atoms with Crippen molar-refractivity contribution in [2.75, 3.05) is 0 Å². The summed E-state index contributed by atoms with van der Waals surface area (Å²) in [6, 6.07) is 21.8. The minimum absolute atomic E-state index is 0.0939. The van der Waals surface area contributed by atoms with E-state index in [9.17, 15) is 0 Å². The SMILES string of the molecule is CC1(C)c2ccccc2[C@@H]2Oc3ccc4ccccc4c3[C@@H]21. The van der Waals surface area contributed by atoms with Crippen LogP contribution in [-0.2, 0) is 5.41 Å². The zero-order valence-electron chi connectivity index (χ0n) is 12.8. The minimum Gasteiger partial charge on any atom is -0.485 e. The predicted octanol–water partition coefficient (Wildman–Crippen LogP) is 5.35. The van der Waals surface area contributed by atoms with Crippen molar-refractivity contribution >= 4 is 10.8 Å². The van der Waals surface area contributed by atoms with Crippen LogP contribution in [0.2, 0.25) is 0 Å². The van der Waals surface area contributed by atoms with Crippen LogP contribution < -0.4 is 4.74 Å². The third kappa shape index (κ3) is 1.34. The molecule has 2 atom stereocenters. The van der Waals surface area contributed by atoms with E-state index in [4.69, 9.17) is 4.74 Å². The maximum atomic E-state index is 6.40. The van der Waals surface area contributed by atoms with Crippen molar-refractivity contribution in [2.45, 2.75) is 31.3 Å². The molecule has 0 aromatic heterocycles. The van der Waals surface area contributed by atoms with Crippen LogP contribution in [0.1, 0.15) is 42.6 Å². The van der Waals surface area contributed by atoms with Crippen molar-refractivity contribution in [1.82, 2.24) is 0 Å². The third-order valence-electron chi connectivity index (χ3n) is 5.54. The maximum absolute atomic E-state index is 6.40. The quantitative estimate of drug-likeness (QED) is 0.541. The summed E-state index contributed by atoms with van der Waals surface area (Å²) < 4.78 is 6.40. The fourth-order valence-corrected chi connectivity index (χ4v) is 4.54. The van der Waals surface area contributed by atoms with E-state index in [1.807, 2.05) is 0 Å². The van der Waals surface area contributed by atoms with Gasteiger partial charge in [-0.25, -0.2) is 0 Å². The van der Waals surface area contributed by atoms with Crippen LogP contribution in [0.15, 0.2) is 60.7 Å². The Morgan fingerprint density at radius 1 is 0.864 bits per heavy atom. The van der Waals surface area contributed by atoms with E-state index in [0.717, 1.165) is 5.75 Å². The van der Waals surface area contributed by atoms with Crippen molar-refractivity contribution in [2.24, 2.45) is 0 Å². The average Bonchev–Trinajstić information content (AvgIpc) is 3.04. The fraction of sp³-hybridized carbons (Fsp3) is 0.238. The number of hydrogen-bond donors (Lipinski definition) is 0. The Hall–Kier alpha value is -2.28. The molecule has 0 saturated heterocycles. The summed E-state index contributed by atoms with van der Waals surface area (Å²) in [7, 11) is 0. The first-order valence-electron chi connectivity index (χ1n) is 7.95. The second-order valence-corrected chi connectivity index (χ2v) is 7.02. The number of hydrogen-bond acceptors (Lipinski definition) is 1. The Kier molecular flexibility index (Phi) is 2.19. The van der Waals surface area contributed by atoms with E-state index in [1.54, 1.807) is 0 Å². The first kappa shape index (κ1) is 12.3. The van der Waals surface area contributed by atoms with Crippen LogP contribution >= 0.6 is 0 Å². The van der Waals surface area contributed by atoms with Crippen LogP contribution in [0.4, 0.5) is 0 Å². The van der Waals surface area contributed by atoms with Gasteiger partial charge in [-0.05, 0) is 28.0 Å². The van der Waals surface area contributed by atoms with Gasteiger partial charge in [0.15, 0.2) is 0 Å². The average molecular weight is 286 g/mol. The van der Waals surface area contributed by atoms with Crippen LogP contribution in [0.25, 0.3) is 10.8 Å². The highest BCUT2D eigenvalue weighted by atomic mass is 16.5. The van der Waals surface area contributed by atoms with E-state index in [-0.39, 0.29) is 11.5 Å². The molecular weight excluding hydrogens is 268 g/mol. The lowest BCUT2D eigenvalue weighted by Gasteiger charge is -2.27. The molecule has 1 aliphatic heterocycles. The highest BCUT2D eigenvalue weighted by molar-refractivity contribution is 5.89. The second kappa shape index (κ2) is 3.92. The number of benzene rings is 3. The zero-order valence-corrected chi connectivity index (χ0v) is 12.8. The van der Waals surface area contributed by atoms with Crippen molar-refractivity contribution in [1.29, 1.82) is 0 Å². The van der Waals surface area contributed by atoms with Crippen LogP contribution in [0.3, 0.4) is 0 Å². The molecule has 1 aliphatic carbocycles. The summed E-state index contributed by atoms with van der Waals surface area (Å²) in [6.45, 7) is 4.72. The Morgan fingerprint density at radius 3 is 2.55 bits per heavy atom. The van der Waals surface area contributed by atoms with E-state index >= 15 is 0 Å². The summed E-state index contributed by atoms with van der Waals surface area (Å²) in [5.41, 5.74) is 4.28.